The fourth-order valence-electron chi connectivity index (χ4n) is 3.65. The molecular weight excluding hydrogens is 348 g/mol. The quantitative estimate of drug-likeness (QED) is 0.788. The minimum absolute atomic E-state index is 0.0641. The second kappa shape index (κ2) is 8.09. The smallest absolute Gasteiger partial charge is 0.260 e. The van der Waals surface area contributed by atoms with Crippen molar-refractivity contribution < 1.29 is 14.3 Å². The van der Waals surface area contributed by atoms with Crippen LogP contribution in [0.25, 0.3) is 0 Å². The molecule has 0 radical (unpaired) electrons. The van der Waals surface area contributed by atoms with E-state index in [2.05, 4.69) is 38.9 Å². The van der Waals surface area contributed by atoms with Crippen molar-refractivity contribution in [2.75, 3.05) is 45.3 Å². The Kier molecular flexibility index (Phi) is 6.03. The molecule has 3 rings (SSSR count). The van der Waals surface area contributed by atoms with Gasteiger partial charge < -0.3 is 19.3 Å². The molecule has 0 N–H and O–H groups in total. The number of fused-ring (bicyclic) bond motifs is 1. The Morgan fingerprint density at radius 2 is 2.23 bits per heavy atom. The van der Waals surface area contributed by atoms with E-state index >= 15 is 0 Å². The third kappa shape index (κ3) is 4.65. The summed E-state index contributed by atoms with van der Waals surface area (Å²) < 4.78 is 12.0. The number of para-hydroxylation sites is 1. The van der Waals surface area contributed by atoms with Crippen molar-refractivity contribution in [3.05, 3.63) is 23.8 Å². The van der Waals surface area contributed by atoms with Gasteiger partial charge in [0.25, 0.3) is 5.91 Å². The zero-order valence-electron chi connectivity index (χ0n) is 16.3. The standard InChI is InChI=1S/C20H30N2O3S/c1-20(2)11-15-7-5-8-17(19(15)25-20)24-13-18(23)22-9-6-10-26-14-16(22)12-21(3)4/h5,7-8,16H,6,9-14H2,1-4H3. The number of thioether (sulfide) groups is 1. The molecule has 1 atom stereocenters. The number of carbonyl (C=O) groups excluding carboxylic acids is 1. The number of benzene rings is 1. The lowest BCUT2D eigenvalue weighted by Gasteiger charge is -2.31. The highest BCUT2D eigenvalue weighted by Crippen LogP contribution is 2.41. The maximum atomic E-state index is 12.9. The molecule has 0 bridgehead atoms. The minimum atomic E-state index is -0.218. The Morgan fingerprint density at radius 1 is 1.42 bits per heavy atom. The topological polar surface area (TPSA) is 42.0 Å². The van der Waals surface area contributed by atoms with Crippen LogP contribution >= 0.6 is 11.8 Å². The molecule has 1 saturated heterocycles. The molecule has 2 aliphatic heterocycles. The molecule has 1 aromatic carbocycles. The zero-order valence-corrected chi connectivity index (χ0v) is 17.1. The number of nitrogens with zero attached hydrogens (tertiary/aromatic N) is 2. The predicted octanol–water partition coefficient (Wildman–Crippen LogP) is 2.67. The summed E-state index contributed by atoms with van der Waals surface area (Å²) in [6.45, 7) is 5.90. The first kappa shape index (κ1) is 19.4. The number of hydrogen-bond donors (Lipinski definition) is 0. The van der Waals surface area contributed by atoms with Crippen LogP contribution in [-0.4, -0.2) is 72.6 Å². The number of ether oxygens (including phenoxy) is 2. The summed E-state index contributed by atoms with van der Waals surface area (Å²) in [5.41, 5.74) is 0.932. The third-order valence-corrected chi connectivity index (χ3v) is 5.94. The van der Waals surface area contributed by atoms with Crippen LogP contribution < -0.4 is 9.47 Å². The van der Waals surface area contributed by atoms with Crippen LogP contribution in [0, 0.1) is 0 Å². The third-order valence-electron chi connectivity index (χ3n) is 4.74. The second-order valence-electron chi connectivity index (χ2n) is 8.00. The average Bonchev–Trinajstić information content (AvgIpc) is 2.73. The summed E-state index contributed by atoms with van der Waals surface area (Å²) in [5, 5.41) is 0. The maximum Gasteiger partial charge on any atom is 0.260 e. The highest BCUT2D eigenvalue weighted by Gasteiger charge is 2.33. The van der Waals surface area contributed by atoms with Crippen molar-refractivity contribution in [3.63, 3.8) is 0 Å². The molecule has 0 aliphatic carbocycles. The van der Waals surface area contributed by atoms with E-state index in [0.717, 1.165) is 48.7 Å². The molecule has 1 fully saturated rings. The first-order chi connectivity index (χ1) is 12.4. The summed E-state index contributed by atoms with van der Waals surface area (Å²) in [6, 6.07) is 6.17. The lowest BCUT2D eigenvalue weighted by atomic mass is 10.0. The first-order valence-electron chi connectivity index (χ1n) is 9.31. The van der Waals surface area contributed by atoms with Crippen LogP contribution in [0.1, 0.15) is 25.8 Å². The van der Waals surface area contributed by atoms with Crippen molar-refractivity contribution in [1.82, 2.24) is 9.80 Å². The summed E-state index contributed by atoms with van der Waals surface area (Å²) in [6.07, 6.45) is 1.90. The van der Waals surface area contributed by atoms with Gasteiger partial charge in [-0.2, -0.15) is 11.8 Å². The van der Waals surface area contributed by atoms with Gasteiger partial charge in [-0.15, -0.1) is 0 Å². The molecule has 0 spiro atoms. The van der Waals surface area contributed by atoms with Crippen LogP contribution in [0.5, 0.6) is 11.5 Å². The van der Waals surface area contributed by atoms with Gasteiger partial charge in [-0.3, -0.25) is 4.79 Å². The Balaban J connectivity index is 1.66. The lowest BCUT2D eigenvalue weighted by molar-refractivity contribution is -0.135. The van der Waals surface area contributed by atoms with Crippen molar-refractivity contribution in [2.24, 2.45) is 0 Å². The molecule has 1 aromatic rings. The van der Waals surface area contributed by atoms with Gasteiger partial charge in [0.05, 0.1) is 6.04 Å². The Hall–Kier alpha value is -1.40. The van der Waals surface area contributed by atoms with Crippen LogP contribution in [0.2, 0.25) is 0 Å². The number of likely N-dealkylation sites (N-methyl/N-ethyl adjacent to an activating group) is 1. The zero-order chi connectivity index (χ0) is 18.7. The van der Waals surface area contributed by atoms with Gasteiger partial charge in [-0.05, 0) is 46.2 Å². The van der Waals surface area contributed by atoms with Crippen LogP contribution in [-0.2, 0) is 11.2 Å². The second-order valence-corrected chi connectivity index (χ2v) is 9.15. The van der Waals surface area contributed by atoms with Crippen LogP contribution in [0.3, 0.4) is 0 Å². The van der Waals surface area contributed by atoms with Gasteiger partial charge in [-0.25, -0.2) is 0 Å². The normalized spacial score (nSPS) is 21.9. The van der Waals surface area contributed by atoms with E-state index in [1.165, 1.54) is 0 Å². The molecule has 5 nitrogen and oxygen atoms in total. The van der Waals surface area contributed by atoms with E-state index in [-0.39, 0.29) is 24.2 Å². The van der Waals surface area contributed by atoms with Crippen molar-refractivity contribution in [1.29, 1.82) is 0 Å². The number of carbonyl (C=O) groups is 1. The van der Waals surface area contributed by atoms with E-state index in [0.29, 0.717) is 5.75 Å². The first-order valence-corrected chi connectivity index (χ1v) is 10.5. The monoisotopic (exact) mass is 378 g/mol. The summed E-state index contributed by atoms with van der Waals surface area (Å²) in [4.78, 5) is 17.0. The van der Waals surface area contributed by atoms with Gasteiger partial charge in [0.15, 0.2) is 18.1 Å². The Labute approximate surface area is 161 Å². The van der Waals surface area contributed by atoms with Gasteiger partial charge in [0.2, 0.25) is 0 Å². The number of rotatable bonds is 5. The molecule has 1 unspecified atom stereocenters. The van der Waals surface area contributed by atoms with Crippen molar-refractivity contribution in [2.45, 2.75) is 38.3 Å². The fourth-order valence-corrected chi connectivity index (χ4v) is 4.71. The lowest BCUT2D eigenvalue weighted by Crippen LogP contribution is -2.48. The van der Waals surface area contributed by atoms with E-state index in [1.54, 1.807) is 0 Å². The van der Waals surface area contributed by atoms with Gasteiger partial charge >= 0.3 is 0 Å². The minimum Gasteiger partial charge on any atom is -0.483 e. The largest absolute Gasteiger partial charge is 0.483 e. The highest BCUT2D eigenvalue weighted by atomic mass is 32.2. The molecule has 2 aliphatic rings. The van der Waals surface area contributed by atoms with E-state index in [4.69, 9.17) is 9.47 Å². The Bertz CT molecular complexity index is 648. The van der Waals surface area contributed by atoms with E-state index in [9.17, 15) is 4.79 Å². The van der Waals surface area contributed by atoms with Crippen molar-refractivity contribution in [3.8, 4) is 11.5 Å². The number of amides is 1. The molecular formula is C20H30N2O3S. The van der Waals surface area contributed by atoms with Crippen LogP contribution in [0.4, 0.5) is 0 Å². The molecule has 1 amide bonds. The highest BCUT2D eigenvalue weighted by molar-refractivity contribution is 7.99. The Morgan fingerprint density at radius 3 is 3.00 bits per heavy atom. The summed E-state index contributed by atoms with van der Waals surface area (Å²) in [5.74, 6) is 3.64. The fraction of sp³-hybridized carbons (Fsp3) is 0.650. The summed E-state index contributed by atoms with van der Waals surface area (Å²) >= 11 is 1.94. The van der Waals surface area contributed by atoms with Gasteiger partial charge in [0.1, 0.15) is 5.60 Å². The number of hydrogen-bond acceptors (Lipinski definition) is 5. The maximum absolute atomic E-state index is 12.9. The van der Waals surface area contributed by atoms with Crippen LogP contribution in [0.15, 0.2) is 18.2 Å². The molecule has 6 heteroatoms. The summed E-state index contributed by atoms with van der Waals surface area (Å²) in [7, 11) is 4.11. The van der Waals surface area contributed by atoms with E-state index in [1.807, 2.05) is 28.8 Å². The van der Waals surface area contributed by atoms with E-state index < -0.39 is 0 Å². The predicted molar refractivity (Wildman–Crippen MR) is 106 cm³/mol. The molecule has 144 valence electrons. The van der Waals surface area contributed by atoms with Gasteiger partial charge in [0, 0.05) is 30.8 Å². The molecule has 0 aromatic heterocycles. The SMILES string of the molecule is CN(C)CC1CSCCCN1C(=O)COc1cccc2c1OC(C)(C)C2. The van der Waals surface area contributed by atoms with Gasteiger partial charge in [-0.1, -0.05) is 12.1 Å². The van der Waals surface area contributed by atoms with Crippen molar-refractivity contribution >= 4 is 17.7 Å². The average molecular weight is 379 g/mol. The molecule has 2 heterocycles. The molecule has 0 saturated carbocycles. The molecule has 26 heavy (non-hydrogen) atoms.